The number of rotatable bonds is 9. The van der Waals surface area contributed by atoms with Gasteiger partial charge in [0.1, 0.15) is 6.61 Å². The molecule has 0 unspecified atom stereocenters. The number of nitrogens with one attached hydrogen (secondary N) is 1. The number of carbonyl (C=O) groups is 2. The number of methoxy groups -OCH3 is 1. The van der Waals surface area contributed by atoms with Crippen molar-refractivity contribution in [3.05, 3.63) is 48.2 Å². The van der Waals surface area contributed by atoms with Crippen LogP contribution in [0.2, 0.25) is 0 Å². The fourth-order valence-corrected chi connectivity index (χ4v) is 4.91. The van der Waals surface area contributed by atoms with Crippen molar-refractivity contribution in [2.75, 3.05) is 38.7 Å². The molecule has 1 saturated heterocycles. The van der Waals surface area contributed by atoms with Crippen LogP contribution in [0, 0.1) is 5.92 Å². The van der Waals surface area contributed by atoms with Crippen molar-refractivity contribution in [2.45, 2.75) is 24.7 Å². The second-order valence-electron chi connectivity index (χ2n) is 7.48. The highest BCUT2D eigenvalue weighted by Crippen LogP contribution is 2.25. The summed E-state index contributed by atoms with van der Waals surface area (Å²) in [6.45, 7) is 2.70. The Labute approximate surface area is 187 Å². The van der Waals surface area contributed by atoms with Crippen LogP contribution in [0.25, 0.3) is 0 Å². The second kappa shape index (κ2) is 10.7. The van der Waals surface area contributed by atoms with Crippen molar-refractivity contribution < 1.29 is 27.5 Å². The minimum absolute atomic E-state index is 0.0898. The molecule has 0 atom stereocenters. The molecule has 1 aliphatic heterocycles. The zero-order valence-corrected chi connectivity index (χ0v) is 18.9. The molecule has 1 aromatic carbocycles. The van der Waals surface area contributed by atoms with Crippen LogP contribution in [-0.2, 0) is 19.6 Å². The summed E-state index contributed by atoms with van der Waals surface area (Å²) in [5.74, 6) is -0.230. The standard InChI is InChI=1S/C22H27N3O6S/c1-16(26)18-4-3-5-20(14-18)32(28,29)25-10-8-17(9-11-25)22(27)24-19-6-7-21(23-15-19)31-13-12-30-2/h3-7,14-15,17H,8-13H2,1-2H3,(H,24,27). The van der Waals surface area contributed by atoms with Crippen LogP contribution >= 0.6 is 0 Å². The van der Waals surface area contributed by atoms with Gasteiger partial charge in [-0.25, -0.2) is 13.4 Å². The Kier molecular flexibility index (Phi) is 7.94. The summed E-state index contributed by atoms with van der Waals surface area (Å²) in [4.78, 5) is 28.4. The van der Waals surface area contributed by atoms with Crippen molar-refractivity contribution in [1.29, 1.82) is 0 Å². The summed E-state index contributed by atoms with van der Waals surface area (Å²) >= 11 is 0. The number of amides is 1. The van der Waals surface area contributed by atoms with E-state index in [9.17, 15) is 18.0 Å². The average molecular weight is 462 g/mol. The van der Waals surface area contributed by atoms with Gasteiger partial charge in [0.05, 0.1) is 23.4 Å². The van der Waals surface area contributed by atoms with E-state index in [-0.39, 0.29) is 35.6 Å². The topological polar surface area (TPSA) is 115 Å². The number of hydrogen-bond donors (Lipinski definition) is 1. The Hall–Kier alpha value is -2.82. The number of nitrogens with zero attached hydrogens (tertiary/aromatic N) is 2. The van der Waals surface area contributed by atoms with Gasteiger partial charge in [-0.3, -0.25) is 9.59 Å². The summed E-state index contributed by atoms with van der Waals surface area (Å²) in [7, 11) is -2.14. The van der Waals surface area contributed by atoms with Crippen LogP contribution in [0.4, 0.5) is 5.69 Å². The number of hydrogen-bond acceptors (Lipinski definition) is 7. The van der Waals surface area contributed by atoms with E-state index in [1.54, 1.807) is 31.4 Å². The van der Waals surface area contributed by atoms with Gasteiger partial charge in [-0.05, 0) is 38.0 Å². The minimum atomic E-state index is -3.72. The van der Waals surface area contributed by atoms with Gasteiger partial charge in [0.25, 0.3) is 0 Å². The Morgan fingerprint density at radius 1 is 1.16 bits per heavy atom. The Morgan fingerprint density at radius 2 is 1.91 bits per heavy atom. The molecule has 1 fully saturated rings. The molecule has 0 aliphatic carbocycles. The molecule has 1 N–H and O–H groups in total. The monoisotopic (exact) mass is 461 g/mol. The highest BCUT2D eigenvalue weighted by molar-refractivity contribution is 7.89. The van der Waals surface area contributed by atoms with E-state index in [1.807, 2.05) is 0 Å². The number of Topliss-reactive ketones (excluding diaryl/α,β-unsaturated/α-hetero) is 1. The summed E-state index contributed by atoms with van der Waals surface area (Å²) in [6, 6.07) is 9.39. The number of ether oxygens (including phenoxy) is 2. The molecule has 9 nitrogen and oxygen atoms in total. The van der Waals surface area contributed by atoms with Crippen LogP contribution in [0.5, 0.6) is 5.88 Å². The largest absolute Gasteiger partial charge is 0.475 e. The van der Waals surface area contributed by atoms with Gasteiger partial charge in [0, 0.05) is 37.7 Å². The molecular weight excluding hydrogens is 434 g/mol. The highest BCUT2D eigenvalue weighted by Gasteiger charge is 2.32. The van der Waals surface area contributed by atoms with E-state index in [0.717, 1.165) is 0 Å². The molecule has 32 heavy (non-hydrogen) atoms. The van der Waals surface area contributed by atoms with Gasteiger partial charge in [-0.1, -0.05) is 12.1 Å². The number of sulfonamides is 1. The van der Waals surface area contributed by atoms with Crippen LogP contribution < -0.4 is 10.1 Å². The van der Waals surface area contributed by atoms with Crippen molar-refractivity contribution in [3.8, 4) is 5.88 Å². The lowest BCUT2D eigenvalue weighted by atomic mass is 9.97. The van der Waals surface area contributed by atoms with E-state index in [2.05, 4.69) is 10.3 Å². The van der Waals surface area contributed by atoms with Gasteiger partial charge in [0.2, 0.25) is 21.8 Å². The maximum absolute atomic E-state index is 12.9. The molecule has 0 spiro atoms. The zero-order chi connectivity index (χ0) is 23.1. The molecule has 1 aromatic heterocycles. The van der Waals surface area contributed by atoms with E-state index in [1.165, 1.54) is 29.6 Å². The number of benzene rings is 1. The molecule has 2 aromatic rings. The lowest BCUT2D eigenvalue weighted by Gasteiger charge is -2.30. The molecule has 0 bridgehead atoms. The first-order valence-electron chi connectivity index (χ1n) is 10.3. The normalized spacial score (nSPS) is 15.3. The molecule has 2 heterocycles. The quantitative estimate of drug-likeness (QED) is 0.450. The smallest absolute Gasteiger partial charge is 0.243 e. The third kappa shape index (κ3) is 5.90. The third-order valence-electron chi connectivity index (χ3n) is 5.24. The van der Waals surface area contributed by atoms with E-state index >= 15 is 0 Å². The SMILES string of the molecule is COCCOc1ccc(NC(=O)C2CCN(S(=O)(=O)c3cccc(C(C)=O)c3)CC2)cn1. The average Bonchev–Trinajstić information content (AvgIpc) is 2.80. The van der Waals surface area contributed by atoms with Crippen molar-refractivity contribution in [2.24, 2.45) is 5.92 Å². The van der Waals surface area contributed by atoms with Crippen molar-refractivity contribution >= 4 is 27.4 Å². The Bertz CT molecular complexity index is 1050. The van der Waals surface area contributed by atoms with Crippen molar-refractivity contribution in [3.63, 3.8) is 0 Å². The molecule has 172 valence electrons. The number of carbonyl (C=O) groups excluding carboxylic acids is 2. The van der Waals surface area contributed by atoms with E-state index in [0.29, 0.717) is 43.2 Å². The second-order valence-corrected chi connectivity index (χ2v) is 9.42. The molecule has 0 radical (unpaired) electrons. The first-order chi connectivity index (χ1) is 15.3. The molecule has 10 heteroatoms. The van der Waals surface area contributed by atoms with Crippen LogP contribution in [0.1, 0.15) is 30.1 Å². The number of pyridine rings is 1. The first kappa shape index (κ1) is 23.8. The van der Waals surface area contributed by atoms with E-state index < -0.39 is 10.0 Å². The van der Waals surface area contributed by atoms with Gasteiger partial charge in [-0.2, -0.15) is 4.31 Å². The maximum atomic E-state index is 12.9. The van der Waals surface area contributed by atoms with Gasteiger partial charge < -0.3 is 14.8 Å². The fraction of sp³-hybridized carbons (Fsp3) is 0.409. The zero-order valence-electron chi connectivity index (χ0n) is 18.1. The van der Waals surface area contributed by atoms with Crippen LogP contribution in [-0.4, -0.2) is 62.8 Å². The Morgan fingerprint density at radius 3 is 2.53 bits per heavy atom. The van der Waals surface area contributed by atoms with Gasteiger partial charge in [0.15, 0.2) is 5.78 Å². The molecule has 3 rings (SSSR count). The molecular formula is C22H27N3O6S. The van der Waals surface area contributed by atoms with E-state index in [4.69, 9.17) is 9.47 Å². The van der Waals surface area contributed by atoms with Crippen LogP contribution in [0.15, 0.2) is 47.5 Å². The summed E-state index contributed by atoms with van der Waals surface area (Å²) in [5, 5.41) is 2.82. The lowest BCUT2D eigenvalue weighted by Crippen LogP contribution is -2.41. The predicted octanol–water partition coefficient (Wildman–Crippen LogP) is 2.35. The molecule has 1 aliphatic rings. The number of aromatic nitrogens is 1. The summed E-state index contributed by atoms with van der Waals surface area (Å²) in [6.07, 6.45) is 2.33. The van der Waals surface area contributed by atoms with Gasteiger partial charge in [-0.15, -0.1) is 0 Å². The fourth-order valence-electron chi connectivity index (χ4n) is 3.40. The predicted molar refractivity (Wildman–Crippen MR) is 118 cm³/mol. The number of anilines is 1. The van der Waals surface area contributed by atoms with Crippen LogP contribution in [0.3, 0.4) is 0 Å². The highest BCUT2D eigenvalue weighted by atomic mass is 32.2. The molecule has 1 amide bonds. The van der Waals surface area contributed by atoms with Crippen molar-refractivity contribution in [1.82, 2.24) is 9.29 Å². The number of piperidine rings is 1. The Balaban J connectivity index is 1.55. The summed E-state index contributed by atoms with van der Waals surface area (Å²) < 4.78 is 37.6. The molecule has 0 saturated carbocycles. The summed E-state index contributed by atoms with van der Waals surface area (Å²) in [5.41, 5.74) is 0.897. The lowest BCUT2D eigenvalue weighted by molar-refractivity contribution is -0.120. The minimum Gasteiger partial charge on any atom is -0.475 e. The third-order valence-corrected chi connectivity index (χ3v) is 7.14. The number of ketones is 1. The van der Waals surface area contributed by atoms with Gasteiger partial charge >= 0.3 is 0 Å². The maximum Gasteiger partial charge on any atom is 0.243 e. The first-order valence-corrected chi connectivity index (χ1v) is 11.7.